The van der Waals surface area contributed by atoms with E-state index in [0.29, 0.717) is 37.3 Å². The third-order valence-electron chi connectivity index (χ3n) is 5.10. The van der Waals surface area contributed by atoms with Gasteiger partial charge in [0.1, 0.15) is 6.33 Å². The largest absolute Gasteiger partial charge is 0.351 e. The molecule has 1 saturated heterocycles. The molecule has 0 saturated carbocycles. The number of amides is 1. The van der Waals surface area contributed by atoms with E-state index in [-0.39, 0.29) is 5.91 Å². The lowest BCUT2D eigenvalue weighted by molar-refractivity contribution is 0.0751. The van der Waals surface area contributed by atoms with Crippen LogP contribution in [0, 0.1) is 6.92 Å². The molecule has 1 fully saturated rings. The predicted octanol–water partition coefficient (Wildman–Crippen LogP) is 2.54. The Bertz CT molecular complexity index is 1150. The van der Waals surface area contributed by atoms with Crippen molar-refractivity contribution in [2.75, 3.05) is 31.1 Å². The number of hydrogen-bond acceptors (Lipinski definition) is 7. The number of benzene rings is 1. The van der Waals surface area contributed by atoms with Crippen LogP contribution in [0.3, 0.4) is 0 Å². The van der Waals surface area contributed by atoms with E-state index in [2.05, 4.69) is 25.2 Å². The summed E-state index contributed by atoms with van der Waals surface area (Å²) in [6.45, 7) is 4.73. The number of carbonyl (C=O) groups excluding carboxylic acids is 1. The number of piperazine rings is 1. The molecule has 0 spiro atoms. The minimum atomic E-state index is 0.0952. The van der Waals surface area contributed by atoms with Crippen molar-refractivity contribution in [3.05, 3.63) is 58.5 Å². The minimum Gasteiger partial charge on any atom is -0.351 e. The Balaban J connectivity index is 1.39. The Labute approximate surface area is 171 Å². The summed E-state index contributed by atoms with van der Waals surface area (Å²) in [5.74, 6) is 0.856. The zero-order valence-electron chi connectivity index (χ0n) is 15.9. The first-order valence-corrected chi connectivity index (χ1v) is 10.3. The van der Waals surface area contributed by atoms with Crippen LogP contribution in [0.4, 0.5) is 5.82 Å². The maximum atomic E-state index is 12.6. The first kappa shape index (κ1) is 17.7. The topological polar surface area (TPSA) is 80.0 Å². The number of nitrogens with zero attached hydrogens (tertiary/aromatic N) is 7. The summed E-state index contributed by atoms with van der Waals surface area (Å²) in [5, 5.41) is 10.6. The van der Waals surface area contributed by atoms with Crippen molar-refractivity contribution in [1.82, 2.24) is 29.9 Å². The van der Waals surface area contributed by atoms with E-state index in [1.165, 1.54) is 16.9 Å². The van der Waals surface area contributed by atoms with Crippen molar-refractivity contribution < 1.29 is 4.79 Å². The molecule has 3 aromatic heterocycles. The van der Waals surface area contributed by atoms with E-state index in [1.807, 2.05) is 53.6 Å². The average Bonchev–Trinajstić information content (AvgIpc) is 3.44. The Hall–Kier alpha value is -3.33. The lowest BCUT2D eigenvalue weighted by atomic mass is 10.2. The average molecular weight is 405 g/mol. The number of carbonyl (C=O) groups is 1. The summed E-state index contributed by atoms with van der Waals surface area (Å²) < 4.78 is 1.73. The molecule has 9 heteroatoms. The lowest BCUT2D eigenvalue weighted by Gasteiger charge is -2.35. The van der Waals surface area contributed by atoms with E-state index in [9.17, 15) is 4.79 Å². The number of hydrogen-bond donors (Lipinski definition) is 0. The summed E-state index contributed by atoms with van der Waals surface area (Å²) >= 11 is 1.48. The first-order valence-electron chi connectivity index (χ1n) is 9.42. The molecule has 4 heterocycles. The highest BCUT2D eigenvalue weighted by Gasteiger charge is 2.25. The van der Waals surface area contributed by atoms with Gasteiger partial charge < -0.3 is 9.80 Å². The van der Waals surface area contributed by atoms with E-state index in [4.69, 9.17) is 0 Å². The molecule has 29 heavy (non-hydrogen) atoms. The van der Waals surface area contributed by atoms with Gasteiger partial charge in [0.05, 0.1) is 10.6 Å². The van der Waals surface area contributed by atoms with Gasteiger partial charge in [-0.2, -0.15) is 4.68 Å². The summed E-state index contributed by atoms with van der Waals surface area (Å²) in [6, 6.07) is 11.9. The number of aryl methyl sites for hydroxylation is 1. The Morgan fingerprint density at radius 3 is 2.55 bits per heavy atom. The second-order valence-electron chi connectivity index (χ2n) is 6.96. The Kier molecular flexibility index (Phi) is 4.44. The van der Waals surface area contributed by atoms with Crippen molar-refractivity contribution >= 4 is 34.2 Å². The van der Waals surface area contributed by atoms with Crippen molar-refractivity contribution in [3.8, 4) is 5.69 Å². The molecular formula is C20H19N7OS. The molecule has 1 aromatic carbocycles. The van der Waals surface area contributed by atoms with E-state index < -0.39 is 0 Å². The van der Waals surface area contributed by atoms with Gasteiger partial charge in [-0.15, -0.1) is 16.4 Å². The van der Waals surface area contributed by atoms with Gasteiger partial charge >= 0.3 is 0 Å². The smallest absolute Gasteiger partial charge is 0.264 e. The molecule has 0 radical (unpaired) electrons. The molecule has 146 valence electrons. The lowest BCUT2D eigenvalue weighted by Crippen LogP contribution is -2.49. The molecule has 0 bridgehead atoms. The van der Waals surface area contributed by atoms with Crippen LogP contribution in [0.25, 0.3) is 16.9 Å². The summed E-state index contributed by atoms with van der Waals surface area (Å²) in [5.41, 5.74) is 3.44. The molecule has 1 amide bonds. The maximum Gasteiger partial charge on any atom is 0.264 e. The molecule has 5 rings (SSSR count). The molecule has 0 N–H and O–H groups in total. The Morgan fingerprint density at radius 2 is 1.83 bits per heavy atom. The van der Waals surface area contributed by atoms with Gasteiger partial charge in [-0.3, -0.25) is 4.79 Å². The van der Waals surface area contributed by atoms with Crippen LogP contribution in [0.5, 0.6) is 0 Å². The number of anilines is 1. The highest BCUT2D eigenvalue weighted by Crippen LogP contribution is 2.24. The summed E-state index contributed by atoms with van der Waals surface area (Å²) in [7, 11) is 0. The van der Waals surface area contributed by atoms with Gasteiger partial charge in [-0.1, -0.05) is 29.0 Å². The van der Waals surface area contributed by atoms with E-state index >= 15 is 0 Å². The van der Waals surface area contributed by atoms with Gasteiger partial charge in [0.15, 0.2) is 17.0 Å². The third kappa shape index (κ3) is 3.23. The van der Waals surface area contributed by atoms with Gasteiger partial charge in [-0.25, -0.2) is 9.97 Å². The third-order valence-corrected chi connectivity index (χ3v) is 5.95. The minimum absolute atomic E-state index is 0.0952. The summed E-state index contributed by atoms with van der Waals surface area (Å²) in [4.78, 5) is 26.3. The molecule has 1 aliphatic rings. The number of rotatable bonds is 3. The fourth-order valence-electron chi connectivity index (χ4n) is 3.51. The number of aromatic nitrogens is 5. The van der Waals surface area contributed by atoms with Crippen LogP contribution in [-0.2, 0) is 0 Å². The van der Waals surface area contributed by atoms with Crippen molar-refractivity contribution in [2.24, 2.45) is 0 Å². The molecule has 0 unspecified atom stereocenters. The monoisotopic (exact) mass is 405 g/mol. The zero-order chi connectivity index (χ0) is 19.8. The van der Waals surface area contributed by atoms with E-state index in [0.717, 1.165) is 16.4 Å². The molecule has 0 aliphatic carbocycles. The SMILES string of the molecule is Cc1ccc(-n2nnc3c(N4CCN(C(=O)c5cccs5)CC4)ncnc32)cc1. The fraction of sp³-hybridized carbons (Fsp3) is 0.250. The van der Waals surface area contributed by atoms with E-state index in [1.54, 1.807) is 11.0 Å². The standard InChI is InChI=1S/C20H19N7OS/c1-14-4-6-15(7-5-14)27-19-17(23-24-27)18(21-13-22-19)25-8-10-26(11-9-25)20(28)16-3-2-12-29-16/h2-7,12-13H,8-11H2,1H3. The quantitative estimate of drug-likeness (QED) is 0.521. The molecule has 0 atom stereocenters. The van der Waals surface area contributed by atoms with Crippen LogP contribution in [-0.4, -0.2) is 61.9 Å². The van der Waals surface area contributed by atoms with Crippen LogP contribution >= 0.6 is 11.3 Å². The number of fused-ring (bicyclic) bond motifs is 1. The van der Waals surface area contributed by atoms with Crippen molar-refractivity contribution in [3.63, 3.8) is 0 Å². The van der Waals surface area contributed by atoms with Crippen LogP contribution in [0.15, 0.2) is 48.1 Å². The van der Waals surface area contributed by atoms with Gasteiger partial charge in [0.2, 0.25) is 0 Å². The van der Waals surface area contributed by atoms with Crippen LogP contribution in [0.1, 0.15) is 15.2 Å². The van der Waals surface area contributed by atoms with Crippen LogP contribution in [0.2, 0.25) is 0 Å². The maximum absolute atomic E-state index is 12.6. The molecule has 1 aliphatic heterocycles. The second-order valence-corrected chi connectivity index (χ2v) is 7.91. The highest BCUT2D eigenvalue weighted by molar-refractivity contribution is 7.12. The molecule has 8 nitrogen and oxygen atoms in total. The number of thiophene rings is 1. The van der Waals surface area contributed by atoms with Gasteiger partial charge in [-0.05, 0) is 30.5 Å². The highest BCUT2D eigenvalue weighted by atomic mass is 32.1. The second kappa shape index (κ2) is 7.25. The predicted molar refractivity (Wildman–Crippen MR) is 112 cm³/mol. The molecule has 4 aromatic rings. The van der Waals surface area contributed by atoms with Crippen molar-refractivity contribution in [1.29, 1.82) is 0 Å². The first-order chi connectivity index (χ1) is 14.2. The van der Waals surface area contributed by atoms with Gasteiger partial charge in [0.25, 0.3) is 5.91 Å². The summed E-state index contributed by atoms with van der Waals surface area (Å²) in [6.07, 6.45) is 1.55. The zero-order valence-corrected chi connectivity index (χ0v) is 16.7. The normalized spacial score (nSPS) is 14.5. The Morgan fingerprint density at radius 1 is 1.03 bits per heavy atom. The molecular weight excluding hydrogens is 386 g/mol. The van der Waals surface area contributed by atoms with Crippen molar-refractivity contribution in [2.45, 2.75) is 6.92 Å². The fourth-order valence-corrected chi connectivity index (χ4v) is 4.20. The van der Waals surface area contributed by atoms with Gasteiger partial charge in [0, 0.05) is 26.2 Å². The van der Waals surface area contributed by atoms with Crippen LogP contribution < -0.4 is 4.90 Å².